The molecule has 0 amide bonds. The molecule has 0 bridgehead atoms. The van der Waals surface area contributed by atoms with Gasteiger partial charge in [0.05, 0.1) is 0 Å². The lowest BCUT2D eigenvalue weighted by Crippen LogP contribution is -2.21. The van der Waals surface area contributed by atoms with Crippen LogP contribution in [0.25, 0.3) is 0 Å². The molecule has 0 N–H and O–H groups in total. The van der Waals surface area contributed by atoms with Crippen molar-refractivity contribution in [2.24, 2.45) is 0 Å². The predicted octanol–water partition coefficient (Wildman–Crippen LogP) is 3.44. The molecule has 0 aliphatic carbocycles. The number of ether oxygens (including phenoxy) is 1. The maximum Gasteiger partial charge on any atom is 0.333 e. The van der Waals surface area contributed by atoms with Gasteiger partial charge in [-0.25, -0.2) is 4.79 Å². The van der Waals surface area contributed by atoms with Gasteiger partial charge in [0.1, 0.15) is 6.61 Å². The normalized spacial score (nSPS) is 10.9. The molecule has 0 saturated heterocycles. The van der Waals surface area contributed by atoms with Crippen LogP contribution in [0.1, 0.15) is 12.5 Å². The Kier molecular flexibility index (Phi) is 4.39. The third-order valence-corrected chi connectivity index (χ3v) is 2.58. The van der Waals surface area contributed by atoms with Crippen LogP contribution in [0.5, 0.6) is 0 Å². The van der Waals surface area contributed by atoms with Crippen LogP contribution in [0.15, 0.2) is 42.5 Å². The highest BCUT2D eigenvalue weighted by molar-refractivity contribution is 6.48. The number of hydrogen-bond donors (Lipinski definition) is 0. The van der Waals surface area contributed by atoms with E-state index in [1.54, 1.807) is 19.1 Å². The summed E-state index contributed by atoms with van der Waals surface area (Å²) in [5.74, 6) is -0.499. The minimum atomic E-state index is -1.23. The van der Waals surface area contributed by atoms with E-state index in [-0.39, 0.29) is 6.61 Å². The quantitative estimate of drug-likeness (QED) is 0.470. The number of rotatable bonds is 4. The third kappa shape index (κ3) is 3.54. The molecule has 0 aliphatic rings. The number of halogens is 2. The maximum atomic E-state index is 11.2. The Morgan fingerprint density at radius 2 is 1.94 bits per heavy atom. The number of esters is 1. The highest BCUT2D eigenvalue weighted by Crippen LogP contribution is 2.33. The predicted molar refractivity (Wildman–Crippen MR) is 65.6 cm³/mol. The van der Waals surface area contributed by atoms with Crippen molar-refractivity contribution in [2.75, 3.05) is 6.61 Å². The van der Waals surface area contributed by atoms with Gasteiger partial charge >= 0.3 is 5.97 Å². The summed E-state index contributed by atoms with van der Waals surface area (Å²) in [6.45, 7) is 4.93. The van der Waals surface area contributed by atoms with E-state index in [2.05, 4.69) is 6.58 Å². The first-order valence-corrected chi connectivity index (χ1v) is 5.45. The van der Waals surface area contributed by atoms with Crippen LogP contribution < -0.4 is 0 Å². The number of alkyl halides is 2. The van der Waals surface area contributed by atoms with E-state index in [9.17, 15) is 4.79 Å². The summed E-state index contributed by atoms with van der Waals surface area (Å²) >= 11 is 12.1. The van der Waals surface area contributed by atoms with Crippen molar-refractivity contribution in [1.82, 2.24) is 0 Å². The Labute approximate surface area is 105 Å². The molecule has 0 saturated carbocycles. The zero-order valence-corrected chi connectivity index (χ0v) is 10.4. The van der Waals surface area contributed by atoms with Crippen LogP contribution in [-0.4, -0.2) is 12.6 Å². The van der Waals surface area contributed by atoms with Crippen LogP contribution in [0.4, 0.5) is 0 Å². The Balaban J connectivity index is 2.66. The van der Waals surface area contributed by atoms with E-state index in [0.717, 1.165) is 0 Å². The van der Waals surface area contributed by atoms with E-state index >= 15 is 0 Å². The summed E-state index contributed by atoms with van der Waals surface area (Å²) in [4.78, 5) is 11.2. The van der Waals surface area contributed by atoms with Crippen molar-refractivity contribution in [2.45, 2.75) is 11.3 Å². The smallest absolute Gasteiger partial charge is 0.333 e. The van der Waals surface area contributed by atoms with Gasteiger partial charge in [0.2, 0.25) is 0 Å². The first kappa shape index (κ1) is 13.1. The molecule has 0 spiro atoms. The average molecular weight is 259 g/mol. The molecule has 0 aromatic heterocycles. The van der Waals surface area contributed by atoms with Crippen molar-refractivity contribution < 1.29 is 9.53 Å². The Hall–Kier alpha value is -0.990. The third-order valence-electron chi connectivity index (χ3n) is 1.93. The molecule has 16 heavy (non-hydrogen) atoms. The van der Waals surface area contributed by atoms with E-state index in [1.165, 1.54) is 0 Å². The van der Waals surface area contributed by atoms with Crippen molar-refractivity contribution >= 4 is 29.2 Å². The van der Waals surface area contributed by atoms with Crippen molar-refractivity contribution in [1.29, 1.82) is 0 Å². The lowest BCUT2D eigenvalue weighted by Gasteiger charge is -2.19. The molecule has 0 unspecified atom stereocenters. The van der Waals surface area contributed by atoms with E-state index in [1.807, 2.05) is 18.2 Å². The summed E-state index contributed by atoms with van der Waals surface area (Å²) in [7, 11) is 0. The van der Waals surface area contributed by atoms with Crippen LogP contribution in [0, 0.1) is 0 Å². The molecule has 4 heteroatoms. The van der Waals surface area contributed by atoms with Gasteiger partial charge in [-0.3, -0.25) is 0 Å². The number of carbonyl (C=O) groups excluding carboxylic acids is 1. The van der Waals surface area contributed by atoms with E-state index < -0.39 is 10.3 Å². The largest absolute Gasteiger partial charge is 0.459 e. The second kappa shape index (κ2) is 5.37. The molecule has 0 radical (unpaired) electrons. The zero-order chi connectivity index (χ0) is 12.2. The van der Waals surface area contributed by atoms with Crippen molar-refractivity contribution in [3.05, 3.63) is 48.0 Å². The number of hydrogen-bond acceptors (Lipinski definition) is 2. The standard InChI is InChI=1S/C12H12Cl2O2/c1-9(2)11(15)16-8-12(13,14)10-6-4-3-5-7-10/h3-7H,1,8H2,2H3. The van der Waals surface area contributed by atoms with Gasteiger partial charge in [-0.05, 0) is 12.5 Å². The first-order chi connectivity index (χ1) is 7.43. The van der Waals surface area contributed by atoms with Gasteiger partial charge in [-0.1, -0.05) is 60.1 Å². The van der Waals surface area contributed by atoms with E-state index in [4.69, 9.17) is 27.9 Å². The molecule has 1 aromatic rings. The lowest BCUT2D eigenvalue weighted by atomic mass is 10.1. The summed E-state index contributed by atoms with van der Waals surface area (Å²) in [6.07, 6.45) is 0. The molecule has 1 rings (SSSR count). The Bertz CT molecular complexity index is 385. The van der Waals surface area contributed by atoms with Crippen molar-refractivity contribution in [3.8, 4) is 0 Å². The Morgan fingerprint density at radius 1 is 1.38 bits per heavy atom. The Morgan fingerprint density at radius 3 is 2.44 bits per heavy atom. The summed E-state index contributed by atoms with van der Waals surface area (Å²) < 4.78 is 3.69. The van der Waals surface area contributed by atoms with E-state index in [0.29, 0.717) is 11.1 Å². The second-order valence-corrected chi connectivity index (χ2v) is 4.91. The molecule has 1 aromatic carbocycles. The molecular formula is C12H12Cl2O2. The molecule has 86 valence electrons. The minimum Gasteiger partial charge on any atom is -0.459 e. The molecule has 0 atom stereocenters. The van der Waals surface area contributed by atoms with Crippen LogP contribution in [0.2, 0.25) is 0 Å². The molecule has 0 aliphatic heterocycles. The SMILES string of the molecule is C=C(C)C(=O)OCC(Cl)(Cl)c1ccccc1. The highest BCUT2D eigenvalue weighted by atomic mass is 35.5. The number of carbonyl (C=O) groups is 1. The van der Waals surface area contributed by atoms with Crippen molar-refractivity contribution in [3.63, 3.8) is 0 Å². The monoisotopic (exact) mass is 258 g/mol. The van der Waals surface area contributed by atoms with Crippen LogP contribution in [-0.2, 0) is 13.9 Å². The fraction of sp³-hybridized carbons (Fsp3) is 0.250. The van der Waals surface area contributed by atoms with Crippen LogP contribution in [0.3, 0.4) is 0 Å². The maximum absolute atomic E-state index is 11.2. The second-order valence-electron chi connectivity index (χ2n) is 3.43. The molecule has 2 nitrogen and oxygen atoms in total. The average Bonchev–Trinajstić information content (AvgIpc) is 2.27. The highest BCUT2D eigenvalue weighted by Gasteiger charge is 2.28. The lowest BCUT2D eigenvalue weighted by molar-refractivity contribution is -0.139. The summed E-state index contributed by atoms with van der Waals surface area (Å²) in [5, 5.41) is 0. The van der Waals surface area contributed by atoms with Crippen LogP contribution >= 0.6 is 23.2 Å². The van der Waals surface area contributed by atoms with Gasteiger partial charge in [-0.2, -0.15) is 0 Å². The van der Waals surface area contributed by atoms with Gasteiger partial charge in [0.25, 0.3) is 0 Å². The fourth-order valence-corrected chi connectivity index (χ4v) is 1.41. The van der Waals surface area contributed by atoms with Gasteiger partial charge in [0.15, 0.2) is 4.33 Å². The summed E-state index contributed by atoms with van der Waals surface area (Å²) in [6, 6.07) is 9.03. The summed E-state index contributed by atoms with van der Waals surface area (Å²) in [5.41, 5.74) is 1.00. The molecular weight excluding hydrogens is 247 g/mol. The van der Waals surface area contributed by atoms with Gasteiger partial charge in [0, 0.05) is 5.57 Å². The first-order valence-electron chi connectivity index (χ1n) is 4.69. The van der Waals surface area contributed by atoms with Gasteiger partial charge < -0.3 is 4.74 Å². The minimum absolute atomic E-state index is 0.105. The topological polar surface area (TPSA) is 26.3 Å². The fourth-order valence-electron chi connectivity index (χ4n) is 1.04. The zero-order valence-electron chi connectivity index (χ0n) is 8.87. The van der Waals surface area contributed by atoms with Gasteiger partial charge in [-0.15, -0.1) is 0 Å². The number of benzene rings is 1. The molecule has 0 fully saturated rings. The molecule has 0 heterocycles.